The molecule has 0 amide bonds. The third kappa shape index (κ3) is 3.48. The van der Waals surface area contributed by atoms with Gasteiger partial charge in [-0.2, -0.15) is 4.98 Å². The first-order valence-corrected chi connectivity index (χ1v) is 8.78. The van der Waals surface area contributed by atoms with Crippen molar-refractivity contribution in [2.75, 3.05) is 55.6 Å². The van der Waals surface area contributed by atoms with Crippen LogP contribution < -0.4 is 9.80 Å². The van der Waals surface area contributed by atoms with Crippen LogP contribution in [0.3, 0.4) is 0 Å². The smallest absolute Gasteiger partial charge is 0.227 e. The molecule has 0 atom stereocenters. The molecule has 0 unspecified atom stereocenters. The lowest BCUT2D eigenvalue weighted by molar-refractivity contribution is 0.242. The summed E-state index contributed by atoms with van der Waals surface area (Å²) >= 11 is 0. The molecule has 128 valence electrons. The molecule has 2 aliphatic heterocycles. The number of anilines is 2. The molecule has 2 aromatic rings. The van der Waals surface area contributed by atoms with E-state index < -0.39 is 0 Å². The fraction of sp³-hybridized carbons (Fsp3) is 0.625. The normalized spacial score (nSPS) is 19.2. The van der Waals surface area contributed by atoms with Crippen LogP contribution in [0.4, 0.5) is 11.8 Å². The van der Waals surface area contributed by atoms with E-state index in [2.05, 4.69) is 30.0 Å². The van der Waals surface area contributed by atoms with E-state index in [1.165, 1.54) is 12.8 Å². The van der Waals surface area contributed by atoms with Crippen LogP contribution in [0.5, 0.6) is 0 Å². The molecule has 2 aliphatic rings. The third-order valence-electron chi connectivity index (χ3n) is 4.83. The van der Waals surface area contributed by atoms with E-state index >= 15 is 0 Å². The van der Waals surface area contributed by atoms with Crippen molar-refractivity contribution < 1.29 is 0 Å². The first-order chi connectivity index (χ1) is 11.9. The zero-order valence-electron chi connectivity index (χ0n) is 14.0. The highest BCUT2D eigenvalue weighted by Gasteiger charge is 2.20. The van der Waals surface area contributed by atoms with Crippen molar-refractivity contribution in [1.82, 2.24) is 29.9 Å². The van der Waals surface area contributed by atoms with Crippen molar-refractivity contribution in [2.45, 2.75) is 19.4 Å². The molecular formula is C16H24N8. The summed E-state index contributed by atoms with van der Waals surface area (Å²) in [6.07, 6.45) is 8.07. The zero-order valence-corrected chi connectivity index (χ0v) is 14.0. The molecule has 2 fully saturated rings. The molecule has 0 saturated carbocycles. The Balaban J connectivity index is 1.31. The first kappa shape index (κ1) is 15.3. The van der Waals surface area contributed by atoms with Gasteiger partial charge in [0, 0.05) is 58.2 Å². The third-order valence-corrected chi connectivity index (χ3v) is 4.83. The highest BCUT2D eigenvalue weighted by atomic mass is 15.4. The van der Waals surface area contributed by atoms with Crippen molar-refractivity contribution in [3.05, 3.63) is 24.7 Å². The van der Waals surface area contributed by atoms with Gasteiger partial charge in [-0.1, -0.05) is 5.21 Å². The lowest BCUT2D eigenvalue weighted by Crippen LogP contribution is -2.47. The summed E-state index contributed by atoms with van der Waals surface area (Å²) in [4.78, 5) is 16.4. The Morgan fingerprint density at radius 3 is 2.46 bits per heavy atom. The van der Waals surface area contributed by atoms with Crippen molar-refractivity contribution in [3.8, 4) is 0 Å². The Morgan fingerprint density at radius 2 is 1.71 bits per heavy atom. The quantitative estimate of drug-likeness (QED) is 0.791. The van der Waals surface area contributed by atoms with Crippen LogP contribution in [-0.4, -0.2) is 75.7 Å². The minimum atomic E-state index is 0.871. The van der Waals surface area contributed by atoms with Gasteiger partial charge in [0.1, 0.15) is 5.82 Å². The SMILES string of the molecule is c1cn(CCN2CCN(c3nccc(N4CCCC4)n3)CC2)nn1. The summed E-state index contributed by atoms with van der Waals surface area (Å²) in [7, 11) is 0. The molecule has 0 spiro atoms. The van der Waals surface area contributed by atoms with Crippen LogP contribution in [0, 0.1) is 0 Å². The van der Waals surface area contributed by atoms with E-state index in [4.69, 9.17) is 4.98 Å². The van der Waals surface area contributed by atoms with Crippen LogP contribution in [0.25, 0.3) is 0 Å². The zero-order chi connectivity index (χ0) is 16.2. The van der Waals surface area contributed by atoms with Gasteiger partial charge in [-0.05, 0) is 18.9 Å². The van der Waals surface area contributed by atoms with Crippen molar-refractivity contribution >= 4 is 11.8 Å². The molecular weight excluding hydrogens is 304 g/mol. The van der Waals surface area contributed by atoms with Crippen molar-refractivity contribution in [1.29, 1.82) is 0 Å². The molecule has 0 radical (unpaired) electrons. The van der Waals surface area contributed by atoms with Gasteiger partial charge in [0.2, 0.25) is 5.95 Å². The Kier molecular flexibility index (Phi) is 4.55. The highest BCUT2D eigenvalue weighted by Crippen LogP contribution is 2.20. The molecule has 0 bridgehead atoms. The number of hydrogen-bond donors (Lipinski definition) is 0. The van der Waals surface area contributed by atoms with Crippen LogP contribution in [-0.2, 0) is 6.54 Å². The maximum absolute atomic E-state index is 4.79. The Hall–Kier alpha value is -2.22. The number of hydrogen-bond acceptors (Lipinski definition) is 7. The second kappa shape index (κ2) is 7.12. The number of piperazine rings is 1. The minimum absolute atomic E-state index is 0.871. The van der Waals surface area contributed by atoms with Crippen LogP contribution in [0.1, 0.15) is 12.8 Å². The maximum Gasteiger partial charge on any atom is 0.227 e. The monoisotopic (exact) mass is 328 g/mol. The molecule has 4 heterocycles. The van der Waals surface area contributed by atoms with Gasteiger partial charge in [-0.15, -0.1) is 5.10 Å². The van der Waals surface area contributed by atoms with Gasteiger partial charge in [0.25, 0.3) is 0 Å². The molecule has 8 heteroatoms. The van der Waals surface area contributed by atoms with E-state index in [0.717, 1.165) is 64.1 Å². The second-order valence-corrected chi connectivity index (χ2v) is 6.40. The maximum atomic E-state index is 4.79. The molecule has 4 rings (SSSR count). The topological polar surface area (TPSA) is 66.2 Å². The van der Waals surface area contributed by atoms with Crippen molar-refractivity contribution in [3.63, 3.8) is 0 Å². The van der Waals surface area contributed by atoms with E-state index in [0.29, 0.717) is 0 Å². The summed E-state index contributed by atoms with van der Waals surface area (Å²) in [5.41, 5.74) is 0. The Bertz CT molecular complexity index is 629. The van der Waals surface area contributed by atoms with Crippen molar-refractivity contribution in [2.24, 2.45) is 0 Å². The van der Waals surface area contributed by atoms with Gasteiger partial charge in [0.05, 0.1) is 12.7 Å². The molecule has 2 saturated heterocycles. The number of rotatable bonds is 5. The summed E-state index contributed by atoms with van der Waals surface area (Å²) in [5, 5.41) is 7.86. The van der Waals surface area contributed by atoms with Crippen LogP contribution in [0.15, 0.2) is 24.7 Å². The Labute approximate surface area is 142 Å². The average molecular weight is 328 g/mol. The Morgan fingerprint density at radius 1 is 0.875 bits per heavy atom. The van der Waals surface area contributed by atoms with Gasteiger partial charge >= 0.3 is 0 Å². The molecule has 0 aliphatic carbocycles. The highest BCUT2D eigenvalue weighted by molar-refractivity contribution is 5.44. The van der Waals surface area contributed by atoms with Gasteiger partial charge in [0.15, 0.2) is 0 Å². The van der Waals surface area contributed by atoms with Gasteiger partial charge in [-0.3, -0.25) is 9.58 Å². The summed E-state index contributed by atoms with van der Waals surface area (Å²) < 4.78 is 1.88. The van der Waals surface area contributed by atoms with E-state index in [9.17, 15) is 0 Å². The summed E-state index contributed by atoms with van der Waals surface area (Å²) in [5.74, 6) is 1.95. The molecule has 0 N–H and O–H groups in total. The molecule has 8 nitrogen and oxygen atoms in total. The number of nitrogens with zero attached hydrogens (tertiary/aromatic N) is 8. The summed E-state index contributed by atoms with van der Waals surface area (Å²) in [6.45, 7) is 8.14. The lowest BCUT2D eigenvalue weighted by Gasteiger charge is -2.34. The minimum Gasteiger partial charge on any atom is -0.356 e. The summed E-state index contributed by atoms with van der Waals surface area (Å²) in [6, 6.07) is 2.03. The largest absolute Gasteiger partial charge is 0.356 e. The fourth-order valence-electron chi connectivity index (χ4n) is 3.38. The number of aromatic nitrogens is 5. The molecule has 0 aromatic carbocycles. The lowest BCUT2D eigenvalue weighted by atomic mass is 10.3. The van der Waals surface area contributed by atoms with E-state index in [1.807, 2.05) is 23.1 Å². The van der Waals surface area contributed by atoms with E-state index in [-0.39, 0.29) is 0 Å². The van der Waals surface area contributed by atoms with E-state index in [1.54, 1.807) is 6.20 Å². The predicted molar refractivity (Wildman–Crippen MR) is 92.2 cm³/mol. The average Bonchev–Trinajstić information content (AvgIpc) is 3.34. The standard InChI is InChI=1S/C16H24N8/c1-2-7-22(6-1)15-3-4-17-16(19-15)23-12-9-21(10-13-23)11-14-24-8-5-18-20-24/h3-5,8H,1-2,6-7,9-14H2. The predicted octanol–water partition coefficient (Wildman–Crippen LogP) is 0.491. The van der Waals surface area contributed by atoms with Crippen LogP contribution >= 0.6 is 0 Å². The van der Waals surface area contributed by atoms with Gasteiger partial charge < -0.3 is 9.80 Å². The van der Waals surface area contributed by atoms with Crippen LogP contribution in [0.2, 0.25) is 0 Å². The fourth-order valence-corrected chi connectivity index (χ4v) is 3.38. The van der Waals surface area contributed by atoms with Gasteiger partial charge in [-0.25, -0.2) is 4.98 Å². The first-order valence-electron chi connectivity index (χ1n) is 8.78. The molecule has 2 aromatic heterocycles. The molecule has 24 heavy (non-hydrogen) atoms. The second-order valence-electron chi connectivity index (χ2n) is 6.40.